The van der Waals surface area contributed by atoms with Gasteiger partial charge < -0.3 is 14.7 Å². The Kier molecular flexibility index (Phi) is 5.96. The van der Waals surface area contributed by atoms with Crippen molar-refractivity contribution in [1.29, 1.82) is 0 Å². The van der Waals surface area contributed by atoms with Gasteiger partial charge in [0, 0.05) is 24.7 Å². The number of hydrogen-bond donors (Lipinski definition) is 1. The lowest BCUT2D eigenvalue weighted by molar-refractivity contribution is 0.196. The lowest BCUT2D eigenvalue weighted by Crippen LogP contribution is -2.45. The van der Waals surface area contributed by atoms with Crippen LogP contribution in [-0.4, -0.2) is 35.2 Å². The summed E-state index contributed by atoms with van der Waals surface area (Å²) in [5.41, 5.74) is 3.39. The lowest BCUT2D eigenvalue weighted by atomic mass is 9.92. The summed E-state index contributed by atoms with van der Waals surface area (Å²) in [6.07, 6.45) is 3.96. The fourth-order valence-electron chi connectivity index (χ4n) is 3.81. The van der Waals surface area contributed by atoms with Gasteiger partial charge in [-0.1, -0.05) is 35.5 Å². The highest BCUT2D eigenvalue weighted by Crippen LogP contribution is 2.27. The summed E-state index contributed by atoms with van der Waals surface area (Å²) < 4.78 is 5.21. The number of amides is 2. The summed E-state index contributed by atoms with van der Waals surface area (Å²) in [4.78, 5) is 14.6. The van der Waals surface area contributed by atoms with Gasteiger partial charge in [-0.15, -0.1) is 0 Å². The predicted octanol–water partition coefficient (Wildman–Crippen LogP) is 4.20. The van der Waals surface area contributed by atoms with E-state index in [0.717, 1.165) is 55.8 Å². The van der Waals surface area contributed by atoms with E-state index in [1.54, 1.807) is 0 Å². The van der Waals surface area contributed by atoms with Crippen LogP contribution in [0.15, 0.2) is 34.9 Å². The van der Waals surface area contributed by atoms with Gasteiger partial charge in [-0.3, -0.25) is 0 Å². The molecule has 1 aromatic carbocycles. The van der Waals surface area contributed by atoms with Crippen molar-refractivity contribution >= 4 is 6.03 Å². The van der Waals surface area contributed by atoms with Crippen molar-refractivity contribution < 1.29 is 9.32 Å². The number of carbonyl (C=O) groups excluding carboxylic acids is 1. The zero-order valence-corrected chi connectivity index (χ0v) is 16.0. The molecule has 5 heteroatoms. The molecule has 1 aromatic heterocycles. The Balaban J connectivity index is 1.53. The molecule has 3 rings (SSSR count). The van der Waals surface area contributed by atoms with Crippen LogP contribution in [0.25, 0.3) is 0 Å². The van der Waals surface area contributed by atoms with Crippen molar-refractivity contribution in [2.75, 3.05) is 13.1 Å². The summed E-state index contributed by atoms with van der Waals surface area (Å²) in [6.45, 7) is 7.53. The first kappa shape index (κ1) is 18.5. The second kappa shape index (κ2) is 8.39. The minimum atomic E-state index is 0.0398. The lowest BCUT2D eigenvalue weighted by Gasteiger charge is -2.24. The summed E-state index contributed by atoms with van der Waals surface area (Å²) in [7, 11) is 0. The van der Waals surface area contributed by atoms with Crippen molar-refractivity contribution in [2.45, 2.75) is 58.4 Å². The SMILES string of the molecule is Cc1noc(C)c1C[C@H](C)NC(=O)N1CCC[C@H](c2ccccc2)CC1. The van der Waals surface area contributed by atoms with E-state index >= 15 is 0 Å². The Morgan fingerprint density at radius 2 is 2.04 bits per heavy atom. The minimum absolute atomic E-state index is 0.0398. The molecule has 0 radical (unpaired) electrons. The molecule has 1 saturated heterocycles. The minimum Gasteiger partial charge on any atom is -0.361 e. The molecule has 1 fully saturated rings. The summed E-state index contributed by atoms with van der Waals surface area (Å²) in [6, 6.07) is 10.7. The van der Waals surface area contributed by atoms with Gasteiger partial charge in [-0.05, 0) is 57.9 Å². The van der Waals surface area contributed by atoms with Gasteiger partial charge in [0.2, 0.25) is 0 Å². The highest BCUT2D eigenvalue weighted by molar-refractivity contribution is 5.74. The molecule has 1 N–H and O–H groups in total. The number of nitrogens with zero attached hydrogens (tertiary/aromatic N) is 2. The number of rotatable bonds is 4. The first-order chi connectivity index (χ1) is 12.5. The van der Waals surface area contributed by atoms with Crippen LogP contribution in [-0.2, 0) is 6.42 Å². The van der Waals surface area contributed by atoms with Gasteiger partial charge in [0.05, 0.1) is 5.69 Å². The third kappa shape index (κ3) is 4.45. The fourth-order valence-corrected chi connectivity index (χ4v) is 3.81. The molecule has 2 aromatic rings. The molecule has 0 bridgehead atoms. The molecular formula is C21H29N3O2. The number of carbonyl (C=O) groups is 1. The van der Waals surface area contributed by atoms with Gasteiger partial charge in [0.1, 0.15) is 5.76 Å². The Hall–Kier alpha value is -2.30. The zero-order valence-electron chi connectivity index (χ0n) is 16.0. The average Bonchev–Trinajstić information content (AvgIpc) is 2.85. The maximum absolute atomic E-state index is 12.7. The second-order valence-electron chi connectivity index (χ2n) is 7.38. The second-order valence-corrected chi connectivity index (χ2v) is 7.38. The largest absolute Gasteiger partial charge is 0.361 e. The number of urea groups is 1. The van der Waals surface area contributed by atoms with E-state index in [2.05, 4.69) is 40.8 Å². The van der Waals surface area contributed by atoms with Gasteiger partial charge >= 0.3 is 6.03 Å². The monoisotopic (exact) mass is 355 g/mol. The van der Waals surface area contributed by atoms with E-state index in [4.69, 9.17) is 4.52 Å². The number of hydrogen-bond acceptors (Lipinski definition) is 3. The standard InChI is InChI=1S/C21H29N3O2/c1-15(14-20-16(2)23-26-17(20)3)22-21(25)24-12-7-10-19(11-13-24)18-8-5-4-6-9-18/h4-6,8-9,15,19H,7,10-14H2,1-3H3,(H,22,25)/t15-,19-/m0/s1. The van der Waals surface area contributed by atoms with Crippen LogP contribution in [0.2, 0.25) is 0 Å². The number of nitrogens with one attached hydrogen (secondary N) is 1. The molecule has 0 unspecified atom stereocenters. The van der Waals surface area contributed by atoms with Crippen LogP contribution in [0.1, 0.15) is 54.7 Å². The molecule has 0 saturated carbocycles. The first-order valence-electron chi connectivity index (χ1n) is 9.56. The molecule has 2 atom stereocenters. The van der Waals surface area contributed by atoms with Crippen LogP contribution in [0.3, 0.4) is 0 Å². The quantitative estimate of drug-likeness (QED) is 0.894. The van der Waals surface area contributed by atoms with E-state index in [1.807, 2.05) is 25.7 Å². The number of benzene rings is 1. The van der Waals surface area contributed by atoms with Crippen LogP contribution in [0.4, 0.5) is 4.79 Å². The van der Waals surface area contributed by atoms with Crippen LogP contribution >= 0.6 is 0 Å². The topological polar surface area (TPSA) is 58.4 Å². The molecule has 1 aliphatic heterocycles. The maximum Gasteiger partial charge on any atom is 0.317 e. The van der Waals surface area contributed by atoms with Crippen molar-refractivity contribution in [3.05, 3.63) is 52.9 Å². The molecule has 140 valence electrons. The molecule has 0 spiro atoms. The fraction of sp³-hybridized carbons (Fsp3) is 0.524. The molecule has 5 nitrogen and oxygen atoms in total. The normalized spacial score (nSPS) is 19.0. The Morgan fingerprint density at radius 3 is 2.73 bits per heavy atom. The maximum atomic E-state index is 12.7. The van der Waals surface area contributed by atoms with E-state index in [0.29, 0.717) is 5.92 Å². The Bertz CT molecular complexity index is 707. The Morgan fingerprint density at radius 1 is 1.27 bits per heavy atom. The van der Waals surface area contributed by atoms with E-state index in [-0.39, 0.29) is 12.1 Å². The average molecular weight is 355 g/mol. The third-order valence-electron chi connectivity index (χ3n) is 5.35. The first-order valence-corrected chi connectivity index (χ1v) is 9.56. The van der Waals surface area contributed by atoms with E-state index < -0.39 is 0 Å². The van der Waals surface area contributed by atoms with Crippen molar-refractivity contribution in [2.24, 2.45) is 0 Å². The molecule has 2 heterocycles. The molecule has 1 aliphatic rings. The highest BCUT2D eigenvalue weighted by atomic mass is 16.5. The van der Waals surface area contributed by atoms with Crippen molar-refractivity contribution in [1.82, 2.24) is 15.4 Å². The zero-order chi connectivity index (χ0) is 18.5. The number of likely N-dealkylation sites (tertiary alicyclic amines) is 1. The molecule has 0 aliphatic carbocycles. The number of aromatic nitrogens is 1. The molecular weight excluding hydrogens is 326 g/mol. The van der Waals surface area contributed by atoms with Gasteiger partial charge in [-0.25, -0.2) is 4.79 Å². The van der Waals surface area contributed by atoms with Gasteiger partial charge in [-0.2, -0.15) is 0 Å². The van der Waals surface area contributed by atoms with Gasteiger partial charge in [0.25, 0.3) is 0 Å². The predicted molar refractivity (Wildman–Crippen MR) is 102 cm³/mol. The molecule has 2 amide bonds. The van der Waals surface area contributed by atoms with E-state index in [9.17, 15) is 4.79 Å². The van der Waals surface area contributed by atoms with Gasteiger partial charge in [0.15, 0.2) is 0 Å². The summed E-state index contributed by atoms with van der Waals surface area (Å²) in [5.74, 6) is 1.39. The molecule has 26 heavy (non-hydrogen) atoms. The third-order valence-corrected chi connectivity index (χ3v) is 5.35. The summed E-state index contributed by atoms with van der Waals surface area (Å²) >= 11 is 0. The number of aryl methyl sites for hydroxylation is 2. The summed E-state index contributed by atoms with van der Waals surface area (Å²) in [5, 5.41) is 7.13. The van der Waals surface area contributed by atoms with Crippen molar-refractivity contribution in [3.63, 3.8) is 0 Å². The van der Waals surface area contributed by atoms with Crippen LogP contribution in [0.5, 0.6) is 0 Å². The Labute approximate surface area is 155 Å². The smallest absolute Gasteiger partial charge is 0.317 e. The van der Waals surface area contributed by atoms with Crippen LogP contribution in [0, 0.1) is 13.8 Å². The van der Waals surface area contributed by atoms with Crippen molar-refractivity contribution in [3.8, 4) is 0 Å². The highest BCUT2D eigenvalue weighted by Gasteiger charge is 2.23. The van der Waals surface area contributed by atoms with Crippen LogP contribution < -0.4 is 5.32 Å². The van der Waals surface area contributed by atoms with E-state index in [1.165, 1.54) is 5.56 Å².